The van der Waals surface area contributed by atoms with Crippen molar-refractivity contribution in [1.29, 1.82) is 0 Å². The number of hydrogen-bond donors (Lipinski definition) is 0. The lowest BCUT2D eigenvalue weighted by atomic mass is 10.3. The summed E-state index contributed by atoms with van der Waals surface area (Å²) in [6.45, 7) is 9.26. The molecule has 0 bridgehead atoms. The fourth-order valence-electron chi connectivity index (χ4n) is 0.875. The van der Waals surface area contributed by atoms with E-state index in [0.29, 0.717) is 6.61 Å². The average molecular weight is 159 g/mol. The van der Waals surface area contributed by atoms with Crippen molar-refractivity contribution < 1.29 is 9.53 Å². The Hall–Kier alpha value is -0.730. The largest absolute Gasteiger partial charge is 0.448 e. The molecule has 1 aliphatic heterocycles. The van der Waals surface area contributed by atoms with Crippen molar-refractivity contribution in [3.05, 3.63) is 0 Å². The number of ether oxygens (including phenoxy) is 1. The molecule has 1 aliphatic rings. The van der Waals surface area contributed by atoms with Gasteiger partial charge in [-0.25, -0.2) is 4.79 Å². The molecule has 0 radical (unpaired) electrons. The molecular weight excluding hydrogens is 142 g/mol. The van der Waals surface area contributed by atoms with Crippen LogP contribution >= 0.6 is 0 Å². The molecule has 1 saturated heterocycles. The summed E-state index contributed by atoms with van der Waals surface area (Å²) < 4.78 is 4.71. The van der Waals surface area contributed by atoms with E-state index in [-0.39, 0.29) is 12.1 Å². The normalized spacial score (nSPS) is 16.1. The van der Waals surface area contributed by atoms with E-state index in [9.17, 15) is 4.79 Å². The third kappa shape index (κ3) is 2.78. The van der Waals surface area contributed by atoms with Crippen LogP contribution in [0.1, 0.15) is 27.7 Å². The Morgan fingerprint density at radius 3 is 2.18 bits per heavy atom. The maximum Gasteiger partial charge on any atom is 0.410 e. The molecule has 0 atom stereocenters. The fourth-order valence-corrected chi connectivity index (χ4v) is 0.875. The summed E-state index contributed by atoms with van der Waals surface area (Å²) in [6, 6.07) is 0.278. The third-order valence-corrected chi connectivity index (χ3v) is 1.42. The van der Waals surface area contributed by atoms with E-state index in [1.54, 1.807) is 4.90 Å². The van der Waals surface area contributed by atoms with Crippen LogP contribution in [0.4, 0.5) is 4.79 Å². The summed E-state index contributed by atoms with van der Waals surface area (Å²) in [5, 5.41) is 0. The van der Waals surface area contributed by atoms with Gasteiger partial charge in [0.05, 0.1) is 6.54 Å². The Labute approximate surface area is 68.3 Å². The number of rotatable bonds is 1. The Morgan fingerprint density at radius 1 is 1.45 bits per heavy atom. The van der Waals surface area contributed by atoms with Gasteiger partial charge in [0.25, 0.3) is 0 Å². The number of cyclic esters (lactones) is 1. The highest BCUT2D eigenvalue weighted by atomic mass is 16.6. The molecule has 1 amide bonds. The highest BCUT2D eigenvalue weighted by Gasteiger charge is 2.23. The van der Waals surface area contributed by atoms with Gasteiger partial charge >= 0.3 is 6.09 Å². The van der Waals surface area contributed by atoms with Crippen LogP contribution in [0.2, 0.25) is 0 Å². The lowest BCUT2D eigenvalue weighted by Crippen LogP contribution is -2.31. The predicted molar refractivity (Wildman–Crippen MR) is 44.5 cm³/mol. The number of carbonyl (C=O) groups is 1. The van der Waals surface area contributed by atoms with Gasteiger partial charge in [0.1, 0.15) is 6.61 Å². The number of amides is 1. The lowest BCUT2D eigenvalue weighted by Gasteiger charge is -2.15. The van der Waals surface area contributed by atoms with Crippen LogP contribution in [0.25, 0.3) is 0 Å². The topological polar surface area (TPSA) is 29.5 Å². The van der Waals surface area contributed by atoms with E-state index in [1.807, 2.05) is 27.7 Å². The molecule has 0 spiro atoms. The van der Waals surface area contributed by atoms with E-state index >= 15 is 0 Å². The molecule has 66 valence electrons. The Morgan fingerprint density at radius 2 is 2.00 bits per heavy atom. The Bertz CT molecular complexity index is 123. The van der Waals surface area contributed by atoms with Crippen LogP contribution < -0.4 is 0 Å². The third-order valence-electron chi connectivity index (χ3n) is 1.42. The molecule has 0 aromatic heterocycles. The van der Waals surface area contributed by atoms with Gasteiger partial charge in [-0.2, -0.15) is 0 Å². The van der Waals surface area contributed by atoms with Gasteiger partial charge < -0.3 is 9.64 Å². The van der Waals surface area contributed by atoms with E-state index in [4.69, 9.17) is 4.74 Å². The van der Waals surface area contributed by atoms with Crippen molar-refractivity contribution in [1.82, 2.24) is 4.90 Å². The molecule has 0 N–H and O–H groups in total. The zero-order valence-electron chi connectivity index (χ0n) is 7.76. The predicted octanol–water partition coefficient (Wildman–Crippen LogP) is 1.87. The molecule has 0 aromatic rings. The summed E-state index contributed by atoms with van der Waals surface area (Å²) >= 11 is 0. The summed E-state index contributed by atoms with van der Waals surface area (Å²) in [4.78, 5) is 12.4. The average Bonchev–Trinajstić information content (AvgIpc) is 2.39. The molecule has 3 nitrogen and oxygen atoms in total. The molecule has 1 rings (SSSR count). The van der Waals surface area contributed by atoms with Crippen molar-refractivity contribution in [2.45, 2.75) is 33.7 Å². The summed E-state index contributed by atoms with van der Waals surface area (Å²) in [5.41, 5.74) is 0. The first-order chi connectivity index (χ1) is 5.22. The van der Waals surface area contributed by atoms with Crippen molar-refractivity contribution in [2.75, 3.05) is 13.2 Å². The van der Waals surface area contributed by atoms with Crippen LogP contribution in [-0.2, 0) is 4.74 Å². The molecule has 1 fully saturated rings. The van der Waals surface area contributed by atoms with Crippen molar-refractivity contribution in [3.8, 4) is 0 Å². The number of hydrogen-bond acceptors (Lipinski definition) is 2. The molecule has 0 unspecified atom stereocenters. The molecule has 0 aromatic carbocycles. The second-order valence-corrected chi connectivity index (χ2v) is 2.40. The number of carbonyl (C=O) groups excluding carboxylic acids is 1. The summed E-state index contributed by atoms with van der Waals surface area (Å²) in [6.07, 6.45) is -0.176. The fraction of sp³-hybridized carbons (Fsp3) is 0.875. The summed E-state index contributed by atoms with van der Waals surface area (Å²) in [5.74, 6) is 0. The molecule has 0 aliphatic carbocycles. The minimum atomic E-state index is -0.176. The van der Waals surface area contributed by atoms with Crippen LogP contribution in [0.15, 0.2) is 0 Å². The first-order valence-corrected chi connectivity index (χ1v) is 4.15. The lowest BCUT2D eigenvalue weighted by molar-refractivity contribution is 0.152. The van der Waals surface area contributed by atoms with Crippen molar-refractivity contribution in [2.24, 2.45) is 0 Å². The first kappa shape index (κ1) is 10.3. The molecular formula is C8H17NO2. The van der Waals surface area contributed by atoms with Crippen LogP contribution in [0.3, 0.4) is 0 Å². The van der Waals surface area contributed by atoms with Crippen molar-refractivity contribution >= 4 is 6.09 Å². The molecule has 3 heteroatoms. The van der Waals surface area contributed by atoms with Crippen molar-refractivity contribution in [3.63, 3.8) is 0 Å². The maximum absolute atomic E-state index is 10.7. The van der Waals surface area contributed by atoms with E-state index in [2.05, 4.69) is 0 Å². The molecule has 11 heavy (non-hydrogen) atoms. The van der Waals surface area contributed by atoms with E-state index in [0.717, 1.165) is 6.54 Å². The quantitative estimate of drug-likeness (QED) is 0.584. The first-order valence-electron chi connectivity index (χ1n) is 4.15. The SMILES string of the molecule is CC.CC(C)N1CCOC1=O. The van der Waals surface area contributed by atoms with Gasteiger partial charge in [0.15, 0.2) is 0 Å². The minimum Gasteiger partial charge on any atom is -0.448 e. The van der Waals surface area contributed by atoms with E-state index < -0.39 is 0 Å². The number of nitrogens with zero attached hydrogens (tertiary/aromatic N) is 1. The Balaban J connectivity index is 0.000000461. The molecule has 1 heterocycles. The molecule has 0 saturated carbocycles. The zero-order valence-corrected chi connectivity index (χ0v) is 7.76. The second-order valence-electron chi connectivity index (χ2n) is 2.40. The van der Waals surface area contributed by atoms with Gasteiger partial charge in [-0.15, -0.1) is 0 Å². The van der Waals surface area contributed by atoms with E-state index in [1.165, 1.54) is 0 Å². The van der Waals surface area contributed by atoms with Gasteiger partial charge in [-0.05, 0) is 13.8 Å². The van der Waals surface area contributed by atoms with Gasteiger partial charge in [0, 0.05) is 6.04 Å². The standard InChI is InChI=1S/C6H11NO2.C2H6/c1-5(2)7-3-4-9-6(7)8;1-2/h5H,3-4H2,1-2H3;1-2H3. The van der Waals surface area contributed by atoms with Gasteiger partial charge in [-0.3, -0.25) is 0 Å². The van der Waals surface area contributed by atoms with Crippen LogP contribution in [0.5, 0.6) is 0 Å². The monoisotopic (exact) mass is 159 g/mol. The smallest absolute Gasteiger partial charge is 0.410 e. The highest BCUT2D eigenvalue weighted by Crippen LogP contribution is 2.06. The minimum absolute atomic E-state index is 0.176. The van der Waals surface area contributed by atoms with Gasteiger partial charge in [0.2, 0.25) is 0 Å². The summed E-state index contributed by atoms with van der Waals surface area (Å²) in [7, 11) is 0. The zero-order chi connectivity index (χ0) is 8.85. The van der Waals surface area contributed by atoms with Gasteiger partial charge in [-0.1, -0.05) is 13.8 Å². The maximum atomic E-state index is 10.7. The van der Waals surface area contributed by atoms with Crippen LogP contribution in [-0.4, -0.2) is 30.2 Å². The highest BCUT2D eigenvalue weighted by molar-refractivity contribution is 5.69. The second kappa shape index (κ2) is 4.99. The Kier molecular flexibility index (Phi) is 4.66. The van der Waals surface area contributed by atoms with Crippen LogP contribution in [0, 0.1) is 0 Å².